The largest absolute Gasteiger partial charge is 0.508 e. The van der Waals surface area contributed by atoms with Gasteiger partial charge in [0.25, 0.3) is 0 Å². The third kappa shape index (κ3) is 3.60. The number of aromatic nitrogens is 2. The molecule has 3 aromatic rings. The van der Waals surface area contributed by atoms with Crippen molar-refractivity contribution in [3.8, 4) is 28.6 Å². The molecule has 1 aliphatic rings. The van der Waals surface area contributed by atoms with Crippen LogP contribution in [-0.4, -0.2) is 28.5 Å². The Labute approximate surface area is 155 Å². The summed E-state index contributed by atoms with van der Waals surface area (Å²) in [5.41, 5.74) is 1.81. The first-order valence-corrected chi connectivity index (χ1v) is 8.77. The van der Waals surface area contributed by atoms with Gasteiger partial charge in [-0.2, -0.15) is 4.98 Å². The molecular weight excluding hydrogens is 356 g/mol. The normalized spacial score (nSPS) is 13.4. The molecule has 0 fully saturated rings. The molecule has 0 bridgehead atoms. The Kier molecular flexibility index (Phi) is 4.67. The Morgan fingerprint density at radius 1 is 1.04 bits per heavy atom. The van der Waals surface area contributed by atoms with E-state index in [2.05, 4.69) is 10.1 Å². The van der Waals surface area contributed by atoms with Gasteiger partial charge >= 0.3 is 0 Å². The lowest BCUT2D eigenvalue weighted by Crippen LogP contribution is -1.97. The van der Waals surface area contributed by atoms with Crippen LogP contribution in [0, 0.1) is 0 Å². The van der Waals surface area contributed by atoms with E-state index in [1.807, 2.05) is 18.2 Å². The minimum absolute atomic E-state index is 0.250. The van der Waals surface area contributed by atoms with Gasteiger partial charge in [-0.25, -0.2) is 0 Å². The summed E-state index contributed by atoms with van der Waals surface area (Å²) in [6.07, 6.45) is 2.16. The number of aryl methyl sites for hydroxylation is 2. The van der Waals surface area contributed by atoms with E-state index >= 15 is 0 Å². The van der Waals surface area contributed by atoms with Crippen LogP contribution in [0.1, 0.15) is 17.9 Å². The van der Waals surface area contributed by atoms with E-state index in [0.717, 1.165) is 24.0 Å². The molecule has 7 heteroatoms. The Bertz CT molecular complexity index is 908. The fourth-order valence-corrected chi connectivity index (χ4v) is 3.01. The van der Waals surface area contributed by atoms with E-state index < -0.39 is 0 Å². The van der Waals surface area contributed by atoms with Crippen LogP contribution in [0.25, 0.3) is 11.4 Å². The van der Waals surface area contributed by atoms with E-state index in [9.17, 15) is 5.11 Å². The SMILES string of the molecule is Oc1ccc(CCc2nc(-c3cc(Cl)c4c(c3)OCCCO4)no2)cc1. The number of ether oxygens (including phenoxy) is 2. The van der Waals surface area contributed by atoms with Crippen LogP contribution >= 0.6 is 11.6 Å². The van der Waals surface area contributed by atoms with Gasteiger partial charge in [0.1, 0.15) is 5.75 Å². The topological polar surface area (TPSA) is 77.6 Å². The second-order valence-electron chi connectivity index (χ2n) is 6.01. The average Bonchev–Trinajstić information content (AvgIpc) is 2.98. The van der Waals surface area contributed by atoms with Crippen LogP contribution in [0.15, 0.2) is 40.9 Å². The van der Waals surface area contributed by atoms with E-state index in [0.29, 0.717) is 47.9 Å². The van der Waals surface area contributed by atoms with Crippen molar-refractivity contribution in [3.05, 3.63) is 52.9 Å². The van der Waals surface area contributed by atoms with Gasteiger partial charge in [0.2, 0.25) is 11.7 Å². The third-order valence-corrected chi connectivity index (χ3v) is 4.37. The number of phenols is 1. The molecule has 2 aromatic carbocycles. The smallest absolute Gasteiger partial charge is 0.227 e. The van der Waals surface area contributed by atoms with Crippen molar-refractivity contribution in [2.24, 2.45) is 0 Å². The zero-order valence-corrected chi connectivity index (χ0v) is 14.7. The maximum atomic E-state index is 9.32. The number of nitrogens with zero attached hydrogens (tertiary/aromatic N) is 2. The molecule has 134 valence electrons. The molecule has 6 nitrogen and oxygen atoms in total. The lowest BCUT2D eigenvalue weighted by molar-refractivity contribution is 0.297. The van der Waals surface area contributed by atoms with Gasteiger partial charge in [0, 0.05) is 18.4 Å². The van der Waals surface area contributed by atoms with Crippen molar-refractivity contribution in [3.63, 3.8) is 0 Å². The standard InChI is InChI=1S/C19H17ClN2O4/c20-15-10-13(11-16-18(15)25-9-1-8-24-16)19-21-17(26-22-19)7-4-12-2-5-14(23)6-3-12/h2-3,5-6,10-11,23H,1,4,7-9H2. The van der Waals surface area contributed by atoms with Crippen molar-refractivity contribution in [1.29, 1.82) is 0 Å². The van der Waals surface area contributed by atoms with Crippen LogP contribution in [0.4, 0.5) is 0 Å². The number of aromatic hydroxyl groups is 1. The number of hydrogen-bond acceptors (Lipinski definition) is 6. The number of hydrogen-bond donors (Lipinski definition) is 1. The average molecular weight is 373 g/mol. The van der Waals surface area contributed by atoms with Crippen LogP contribution in [0.3, 0.4) is 0 Å². The fourth-order valence-electron chi connectivity index (χ4n) is 2.75. The van der Waals surface area contributed by atoms with Gasteiger partial charge in [0.05, 0.1) is 18.2 Å². The summed E-state index contributed by atoms with van der Waals surface area (Å²) in [7, 11) is 0. The van der Waals surface area contributed by atoms with Crippen molar-refractivity contribution in [2.75, 3.05) is 13.2 Å². The van der Waals surface area contributed by atoms with Gasteiger partial charge in [0.15, 0.2) is 11.5 Å². The number of halogens is 1. The number of phenolic OH excluding ortho intramolecular Hbond substituents is 1. The van der Waals surface area contributed by atoms with Gasteiger partial charge in [-0.05, 0) is 36.2 Å². The maximum Gasteiger partial charge on any atom is 0.227 e. The molecule has 0 saturated carbocycles. The molecule has 0 unspecified atom stereocenters. The zero-order chi connectivity index (χ0) is 17.9. The number of benzene rings is 2. The Hall–Kier alpha value is -2.73. The first-order chi connectivity index (χ1) is 12.7. The summed E-state index contributed by atoms with van der Waals surface area (Å²) in [4.78, 5) is 4.44. The Morgan fingerprint density at radius 2 is 1.85 bits per heavy atom. The molecule has 0 spiro atoms. The first kappa shape index (κ1) is 16.7. The van der Waals surface area contributed by atoms with Crippen molar-refractivity contribution >= 4 is 11.6 Å². The van der Waals surface area contributed by atoms with E-state index in [-0.39, 0.29) is 5.75 Å². The third-order valence-electron chi connectivity index (χ3n) is 4.09. The summed E-state index contributed by atoms with van der Waals surface area (Å²) < 4.78 is 16.7. The van der Waals surface area contributed by atoms with Crippen LogP contribution < -0.4 is 9.47 Å². The summed E-state index contributed by atoms with van der Waals surface area (Å²) in [5, 5.41) is 13.8. The number of fused-ring (bicyclic) bond motifs is 1. The van der Waals surface area contributed by atoms with E-state index in [4.69, 9.17) is 25.6 Å². The summed E-state index contributed by atoms with van der Waals surface area (Å²) in [5.74, 6) is 2.41. The lowest BCUT2D eigenvalue weighted by Gasteiger charge is -2.09. The highest BCUT2D eigenvalue weighted by Gasteiger charge is 2.18. The van der Waals surface area contributed by atoms with Gasteiger partial charge in [-0.15, -0.1) is 0 Å². The molecule has 0 radical (unpaired) electrons. The second kappa shape index (κ2) is 7.25. The summed E-state index contributed by atoms with van der Waals surface area (Å²) >= 11 is 6.32. The highest BCUT2D eigenvalue weighted by molar-refractivity contribution is 6.32. The molecule has 1 aromatic heterocycles. The predicted molar refractivity (Wildman–Crippen MR) is 95.9 cm³/mol. The first-order valence-electron chi connectivity index (χ1n) is 8.39. The monoisotopic (exact) mass is 372 g/mol. The fraction of sp³-hybridized carbons (Fsp3) is 0.263. The minimum Gasteiger partial charge on any atom is -0.508 e. The van der Waals surface area contributed by atoms with Crippen LogP contribution in [0.2, 0.25) is 5.02 Å². The summed E-state index contributed by atoms with van der Waals surface area (Å²) in [6.45, 7) is 1.16. The van der Waals surface area contributed by atoms with Crippen molar-refractivity contribution in [1.82, 2.24) is 10.1 Å². The molecule has 2 heterocycles. The van der Waals surface area contributed by atoms with Crippen molar-refractivity contribution in [2.45, 2.75) is 19.3 Å². The van der Waals surface area contributed by atoms with Crippen molar-refractivity contribution < 1.29 is 19.1 Å². The molecule has 0 aliphatic carbocycles. The maximum absolute atomic E-state index is 9.32. The Balaban J connectivity index is 1.51. The van der Waals surface area contributed by atoms with Gasteiger partial charge < -0.3 is 19.1 Å². The highest BCUT2D eigenvalue weighted by Crippen LogP contribution is 2.40. The minimum atomic E-state index is 0.250. The molecule has 0 amide bonds. The lowest BCUT2D eigenvalue weighted by atomic mass is 10.1. The molecule has 1 N–H and O–H groups in total. The zero-order valence-electron chi connectivity index (χ0n) is 13.9. The molecule has 0 atom stereocenters. The molecule has 26 heavy (non-hydrogen) atoms. The highest BCUT2D eigenvalue weighted by atomic mass is 35.5. The van der Waals surface area contributed by atoms with Gasteiger partial charge in [-0.1, -0.05) is 28.9 Å². The Morgan fingerprint density at radius 3 is 2.69 bits per heavy atom. The van der Waals surface area contributed by atoms with Crippen LogP contribution in [-0.2, 0) is 12.8 Å². The molecule has 1 aliphatic heterocycles. The predicted octanol–water partition coefficient (Wildman–Crippen LogP) is 4.04. The quantitative estimate of drug-likeness (QED) is 0.744. The van der Waals surface area contributed by atoms with E-state index in [1.165, 1.54) is 0 Å². The molecule has 4 rings (SSSR count). The van der Waals surface area contributed by atoms with E-state index in [1.54, 1.807) is 18.2 Å². The van der Waals surface area contributed by atoms with Crippen LogP contribution in [0.5, 0.6) is 17.2 Å². The second-order valence-corrected chi connectivity index (χ2v) is 6.42. The number of rotatable bonds is 4. The molecule has 0 saturated heterocycles. The molecular formula is C19H17ClN2O4. The van der Waals surface area contributed by atoms with Gasteiger partial charge in [-0.3, -0.25) is 0 Å². The summed E-state index contributed by atoms with van der Waals surface area (Å²) in [6, 6.07) is 10.6.